The third-order valence-electron chi connectivity index (χ3n) is 4.01. The lowest BCUT2D eigenvalue weighted by Gasteiger charge is -2.30. The molecule has 1 aliphatic heterocycles. The number of amides is 1. The summed E-state index contributed by atoms with van der Waals surface area (Å²) in [6.07, 6.45) is 0. The molecule has 0 saturated heterocycles. The van der Waals surface area contributed by atoms with Gasteiger partial charge in [0.05, 0.1) is 15.5 Å². The van der Waals surface area contributed by atoms with Crippen LogP contribution in [0.15, 0.2) is 58.3 Å². The average molecular weight is 360 g/mol. The van der Waals surface area contributed by atoms with Crippen molar-refractivity contribution in [2.24, 2.45) is 0 Å². The molecule has 1 aliphatic rings. The number of hydrogen-bond acceptors (Lipinski definition) is 5. The smallest absolute Gasteiger partial charge is 0.265 e. The topological polar surface area (TPSA) is 66.9 Å². The van der Waals surface area contributed by atoms with E-state index in [9.17, 15) is 13.2 Å². The predicted octanol–water partition coefficient (Wildman–Crippen LogP) is 1.81. The van der Waals surface area contributed by atoms with Crippen LogP contribution in [0.2, 0.25) is 0 Å². The molecule has 0 spiro atoms. The predicted molar refractivity (Wildman–Crippen MR) is 94.7 cm³/mol. The minimum absolute atomic E-state index is 0.0365. The van der Waals surface area contributed by atoms with Gasteiger partial charge in [0, 0.05) is 13.1 Å². The third kappa shape index (κ3) is 3.52. The van der Waals surface area contributed by atoms with Gasteiger partial charge in [0.25, 0.3) is 5.91 Å². The number of sulfone groups is 1. The monoisotopic (exact) mass is 360 g/mol. The Balaban J connectivity index is 2.01. The van der Waals surface area contributed by atoms with Gasteiger partial charge in [0.15, 0.2) is 6.61 Å². The summed E-state index contributed by atoms with van der Waals surface area (Å²) in [4.78, 5) is 16.1. The van der Waals surface area contributed by atoms with Gasteiger partial charge in [-0.15, -0.1) is 0 Å². The maximum atomic E-state index is 12.8. The number of rotatable bonds is 5. The number of carbonyl (C=O) groups is 1. The van der Waals surface area contributed by atoms with E-state index in [2.05, 4.69) is 0 Å². The fourth-order valence-corrected chi connectivity index (χ4v) is 3.93. The zero-order chi connectivity index (χ0) is 18.0. The van der Waals surface area contributed by atoms with Gasteiger partial charge in [0.2, 0.25) is 9.84 Å². The van der Waals surface area contributed by atoms with E-state index in [-0.39, 0.29) is 22.3 Å². The Morgan fingerprint density at radius 3 is 2.48 bits per heavy atom. The molecule has 1 amide bonds. The molecule has 0 aliphatic carbocycles. The highest BCUT2D eigenvalue weighted by Gasteiger charge is 2.28. The van der Waals surface area contributed by atoms with Crippen molar-refractivity contribution in [2.45, 2.75) is 9.79 Å². The minimum Gasteiger partial charge on any atom is -0.482 e. The second kappa shape index (κ2) is 6.85. The van der Waals surface area contributed by atoms with Crippen LogP contribution in [0.3, 0.4) is 0 Å². The normalized spacial score (nSPS) is 14.4. The van der Waals surface area contributed by atoms with E-state index < -0.39 is 9.84 Å². The molecule has 0 bridgehead atoms. The summed E-state index contributed by atoms with van der Waals surface area (Å²) in [6.45, 7) is 1.10. The van der Waals surface area contributed by atoms with Crippen molar-refractivity contribution in [3.05, 3.63) is 48.5 Å². The molecular weight excluding hydrogens is 340 g/mol. The molecule has 6 nitrogen and oxygen atoms in total. The summed E-state index contributed by atoms with van der Waals surface area (Å²) in [5.41, 5.74) is 0.495. The van der Waals surface area contributed by atoms with Crippen LogP contribution in [0.5, 0.6) is 5.75 Å². The van der Waals surface area contributed by atoms with Crippen LogP contribution >= 0.6 is 0 Å². The Labute approximate surface area is 147 Å². The van der Waals surface area contributed by atoms with Gasteiger partial charge in [0.1, 0.15) is 5.75 Å². The van der Waals surface area contributed by atoms with Gasteiger partial charge in [-0.3, -0.25) is 4.79 Å². The molecule has 25 heavy (non-hydrogen) atoms. The zero-order valence-electron chi connectivity index (χ0n) is 14.2. The van der Waals surface area contributed by atoms with Crippen LogP contribution in [0.25, 0.3) is 0 Å². The fraction of sp³-hybridized carbons (Fsp3) is 0.278. The van der Waals surface area contributed by atoms with E-state index in [1.165, 1.54) is 12.1 Å². The first-order valence-corrected chi connectivity index (χ1v) is 9.40. The number of ether oxygens (including phenoxy) is 1. The van der Waals surface area contributed by atoms with Gasteiger partial charge in [-0.05, 0) is 44.4 Å². The standard InChI is InChI=1S/C18H20N2O4S/c1-19(2)10-11-20-16-12-15(8-9-17(16)24-13-18(20)21)25(22,23)14-6-4-3-5-7-14/h3-9,12H,10-11,13H2,1-2H3. The van der Waals surface area contributed by atoms with E-state index in [0.717, 1.165) is 0 Å². The molecule has 132 valence electrons. The summed E-state index contributed by atoms with van der Waals surface area (Å²) in [5, 5.41) is 0. The first kappa shape index (κ1) is 17.4. The van der Waals surface area contributed by atoms with Crippen LogP contribution in [-0.2, 0) is 14.6 Å². The Morgan fingerprint density at radius 1 is 1.08 bits per heavy atom. The summed E-state index contributed by atoms with van der Waals surface area (Å²) in [7, 11) is 0.189. The zero-order valence-corrected chi connectivity index (χ0v) is 15.0. The highest BCUT2D eigenvalue weighted by Crippen LogP contribution is 2.35. The molecular formula is C18H20N2O4S. The molecule has 0 radical (unpaired) electrons. The van der Waals surface area contributed by atoms with Gasteiger partial charge < -0.3 is 14.5 Å². The van der Waals surface area contributed by atoms with Crippen LogP contribution in [0.1, 0.15) is 0 Å². The fourth-order valence-electron chi connectivity index (χ4n) is 2.63. The maximum Gasteiger partial charge on any atom is 0.265 e. The molecule has 0 aromatic heterocycles. The van der Waals surface area contributed by atoms with Crippen LogP contribution in [-0.4, -0.2) is 53.0 Å². The van der Waals surface area contributed by atoms with Crippen LogP contribution in [0, 0.1) is 0 Å². The van der Waals surface area contributed by atoms with Gasteiger partial charge in [-0.2, -0.15) is 0 Å². The van der Waals surface area contributed by atoms with Crippen LogP contribution in [0.4, 0.5) is 5.69 Å². The number of nitrogens with zero attached hydrogens (tertiary/aromatic N) is 2. The molecule has 0 atom stereocenters. The van der Waals surface area contributed by atoms with E-state index in [1.54, 1.807) is 41.3 Å². The first-order valence-electron chi connectivity index (χ1n) is 7.91. The average Bonchev–Trinajstić information content (AvgIpc) is 2.61. The quantitative estimate of drug-likeness (QED) is 0.813. The number of likely N-dealkylation sites (N-methyl/N-ethyl adjacent to an activating group) is 1. The van der Waals surface area contributed by atoms with Crippen molar-refractivity contribution < 1.29 is 17.9 Å². The van der Waals surface area contributed by atoms with Crippen LogP contribution < -0.4 is 9.64 Å². The Kier molecular flexibility index (Phi) is 4.78. The second-order valence-electron chi connectivity index (χ2n) is 6.08. The lowest BCUT2D eigenvalue weighted by molar-refractivity contribution is -0.121. The number of carbonyl (C=O) groups excluding carboxylic acids is 1. The molecule has 0 N–H and O–H groups in total. The third-order valence-corrected chi connectivity index (χ3v) is 5.78. The lowest BCUT2D eigenvalue weighted by atomic mass is 10.2. The Morgan fingerprint density at radius 2 is 1.80 bits per heavy atom. The highest BCUT2D eigenvalue weighted by molar-refractivity contribution is 7.91. The number of anilines is 1. The van der Waals surface area contributed by atoms with Crippen molar-refractivity contribution in [3.8, 4) is 5.75 Å². The minimum atomic E-state index is -3.65. The van der Waals surface area contributed by atoms with E-state index >= 15 is 0 Å². The van der Waals surface area contributed by atoms with Gasteiger partial charge in [-0.25, -0.2) is 8.42 Å². The molecule has 2 aromatic rings. The molecule has 3 rings (SSSR count). The SMILES string of the molecule is CN(C)CCN1C(=O)COc2ccc(S(=O)(=O)c3ccccc3)cc21. The molecule has 0 fully saturated rings. The Hall–Kier alpha value is -2.38. The summed E-state index contributed by atoms with van der Waals surface area (Å²) < 4.78 is 31.1. The number of fused-ring (bicyclic) bond motifs is 1. The first-order chi connectivity index (χ1) is 11.9. The summed E-state index contributed by atoms with van der Waals surface area (Å²) in [5.74, 6) is 0.342. The lowest BCUT2D eigenvalue weighted by Crippen LogP contribution is -2.42. The molecule has 7 heteroatoms. The van der Waals surface area contributed by atoms with Crippen molar-refractivity contribution in [1.29, 1.82) is 0 Å². The van der Waals surface area contributed by atoms with Crippen molar-refractivity contribution in [1.82, 2.24) is 4.90 Å². The van der Waals surface area contributed by atoms with Gasteiger partial charge >= 0.3 is 0 Å². The second-order valence-corrected chi connectivity index (χ2v) is 8.03. The summed E-state index contributed by atoms with van der Waals surface area (Å²) >= 11 is 0. The van der Waals surface area contributed by atoms with Crippen molar-refractivity contribution >= 4 is 21.4 Å². The van der Waals surface area contributed by atoms with E-state index in [4.69, 9.17) is 4.74 Å². The highest BCUT2D eigenvalue weighted by atomic mass is 32.2. The maximum absolute atomic E-state index is 12.8. The molecule has 0 saturated carbocycles. The number of hydrogen-bond donors (Lipinski definition) is 0. The molecule has 0 unspecified atom stereocenters. The largest absolute Gasteiger partial charge is 0.482 e. The molecule has 2 aromatic carbocycles. The van der Waals surface area contributed by atoms with Crippen molar-refractivity contribution in [3.63, 3.8) is 0 Å². The van der Waals surface area contributed by atoms with Gasteiger partial charge in [-0.1, -0.05) is 18.2 Å². The van der Waals surface area contributed by atoms with E-state index in [1.807, 2.05) is 19.0 Å². The Bertz CT molecular complexity index is 879. The molecule has 1 heterocycles. The number of benzene rings is 2. The van der Waals surface area contributed by atoms with Crippen molar-refractivity contribution in [2.75, 3.05) is 38.7 Å². The summed E-state index contributed by atoms with van der Waals surface area (Å²) in [6, 6.07) is 12.9. The van der Waals surface area contributed by atoms with E-state index in [0.29, 0.717) is 24.5 Å².